The van der Waals surface area contributed by atoms with Crippen LogP contribution in [-0.2, 0) is 4.79 Å². The molecular formula is C10H10BrCl2NO. The van der Waals surface area contributed by atoms with Crippen LogP contribution >= 0.6 is 39.1 Å². The maximum atomic E-state index is 11.5. The first-order valence-electron chi connectivity index (χ1n) is 4.36. The summed E-state index contributed by atoms with van der Waals surface area (Å²) >= 11 is 14.7. The molecule has 0 aromatic heterocycles. The van der Waals surface area contributed by atoms with Gasteiger partial charge in [0.1, 0.15) is 0 Å². The molecule has 0 spiro atoms. The van der Waals surface area contributed by atoms with Gasteiger partial charge in [0.25, 0.3) is 0 Å². The molecule has 0 saturated heterocycles. The van der Waals surface area contributed by atoms with Crippen LogP contribution in [0.25, 0.3) is 0 Å². The van der Waals surface area contributed by atoms with Crippen molar-refractivity contribution in [3.05, 3.63) is 27.7 Å². The highest BCUT2D eigenvalue weighted by atomic mass is 79.9. The van der Waals surface area contributed by atoms with Gasteiger partial charge < -0.3 is 5.32 Å². The van der Waals surface area contributed by atoms with Gasteiger partial charge in [0.2, 0.25) is 5.91 Å². The summed E-state index contributed by atoms with van der Waals surface area (Å²) < 4.78 is 0.755. The highest BCUT2D eigenvalue weighted by Gasteiger charge is 2.12. The summed E-state index contributed by atoms with van der Waals surface area (Å²) in [4.78, 5) is 11.5. The van der Waals surface area contributed by atoms with Crippen molar-refractivity contribution in [1.82, 2.24) is 0 Å². The lowest BCUT2D eigenvalue weighted by atomic mass is 10.2. The lowest BCUT2D eigenvalue weighted by Crippen LogP contribution is -2.21. The summed E-state index contributed by atoms with van der Waals surface area (Å²) in [6.07, 6.45) is 0. The van der Waals surface area contributed by atoms with Crippen LogP contribution in [0.5, 0.6) is 0 Å². The Balaban J connectivity index is 2.77. The Hall–Kier alpha value is -0.250. The number of hydrogen-bond donors (Lipinski definition) is 1. The largest absolute Gasteiger partial charge is 0.325 e. The summed E-state index contributed by atoms with van der Waals surface area (Å²) in [6.45, 7) is 1.77. The SMILES string of the molecule is CC(CCl)C(=O)Nc1ccc(Cl)cc1Br. The number of alkyl halides is 1. The number of amides is 1. The number of rotatable bonds is 3. The zero-order chi connectivity index (χ0) is 11.4. The molecule has 5 heteroatoms. The highest BCUT2D eigenvalue weighted by molar-refractivity contribution is 9.10. The number of nitrogens with one attached hydrogen (secondary N) is 1. The average Bonchev–Trinajstić information content (AvgIpc) is 2.20. The molecule has 15 heavy (non-hydrogen) atoms. The molecule has 1 atom stereocenters. The second kappa shape index (κ2) is 5.73. The minimum atomic E-state index is -0.214. The second-order valence-corrected chi connectivity index (χ2v) is 4.77. The lowest BCUT2D eigenvalue weighted by Gasteiger charge is -2.10. The Morgan fingerprint density at radius 3 is 2.80 bits per heavy atom. The van der Waals surface area contributed by atoms with Crippen molar-refractivity contribution >= 4 is 50.7 Å². The van der Waals surface area contributed by atoms with Crippen molar-refractivity contribution in [1.29, 1.82) is 0 Å². The Bertz CT molecular complexity index is 370. The smallest absolute Gasteiger partial charge is 0.228 e. The van der Waals surface area contributed by atoms with Crippen LogP contribution in [-0.4, -0.2) is 11.8 Å². The van der Waals surface area contributed by atoms with Gasteiger partial charge in [0.05, 0.1) is 5.69 Å². The highest BCUT2D eigenvalue weighted by Crippen LogP contribution is 2.26. The molecule has 0 fully saturated rings. The van der Waals surface area contributed by atoms with Crippen LogP contribution in [0.1, 0.15) is 6.92 Å². The van der Waals surface area contributed by atoms with Gasteiger partial charge >= 0.3 is 0 Å². The van der Waals surface area contributed by atoms with E-state index in [1.807, 2.05) is 0 Å². The standard InChI is InChI=1S/C10H10BrCl2NO/c1-6(5-12)10(15)14-9-3-2-7(13)4-8(9)11/h2-4,6H,5H2,1H3,(H,14,15). The summed E-state index contributed by atoms with van der Waals surface area (Å²) in [7, 11) is 0. The number of carbonyl (C=O) groups is 1. The first-order valence-corrected chi connectivity index (χ1v) is 6.07. The van der Waals surface area contributed by atoms with Gasteiger partial charge in [-0.1, -0.05) is 18.5 Å². The second-order valence-electron chi connectivity index (χ2n) is 3.17. The van der Waals surface area contributed by atoms with Crippen LogP contribution in [0.15, 0.2) is 22.7 Å². The maximum Gasteiger partial charge on any atom is 0.228 e. The summed E-state index contributed by atoms with van der Waals surface area (Å²) in [6, 6.07) is 5.18. The molecule has 0 heterocycles. The van der Waals surface area contributed by atoms with Crippen LogP contribution in [0.3, 0.4) is 0 Å². The zero-order valence-corrected chi connectivity index (χ0v) is 11.2. The maximum absolute atomic E-state index is 11.5. The van der Waals surface area contributed by atoms with Crippen molar-refractivity contribution in [3.8, 4) is 0 Å². The van der Waals surface area contributed by atoms with Gasteiger partial charge in [-0.3, -0.25) is 4.79 Å². The molecule has 0 saturated carbocycles. The molecule has 1 aromatic carbocycles. The van der Waals surface area contributed by atoms with Crippen LogP contribution in [0.2, 0.25) is 5.02 Å². The Labute approximate surface area is 107 Å². The number of anilines is 1. The molecule has 1 N–H and O–H groups in total. The van der Waals surface area contributed by atoms with Crippen molar-refractivity contribution in [2.45, 2.75) is 6.92 Å². The minimum absolute atomic E-state index is 0.104. The van der Waals surface area contributed by atoms with Gasteiger partial charge in [-0.05, 0) is 34.1 Å². The fourth-order valence-electron chi connectivity index (χ4n) is 0.917. The van der Waals surface area contributed by atoms with Gasteiger partial charge in [-0.25, -0.2) is 0 Å². The van der Waals surface area contributed by atoms with E-state index in [-0.39, 0.29) is 11.8 Å². The molecule has 0 aliphatic rings. The lowest BCUT2D eigenvalue weighted by molar-refractivity contribution is -0.118. The summed E-state index contributed by atoms with van der Waals surface area (Å²) in [5, 5.41) is 3.38. The Morgan fingerprint density at radius 1 is 1.60 bits per heavy atom. The average molecular weight is 311 g/mol. The van der Waals surface area contributed by atoms with Crippen molar-refractivity contribution in [2.24, 2.45) is 5.92 Å². The molecule has 1 aromatic rings. The first-order chi connectivity index (χ1) is 7.04. The van der Waals surface area contributed by atoms with E-state index in [0.29, 0.717) is 16.6 Å². The molecule has 82 valence electrons. The molecule has 1 rings (SSSR count). The molecule has 2 nitrogen and oxygen atoms in total. The monoisotopic (exact) mass is 309 g/mol. The van der Waals surface area contributed by atoms with Gasteiger partial charge in [0, 0.05) is 21.3 Å². The van der Waals surface area contributed by atoms with E-state index >= 15 is 0 Å². The van der Waals surface area contributed by atoms with Crippen LogP contribution < -0.4 is 5.32 Å². The molecule has 1 unspecified atom stereocenters. The topological polar surface area (TPSA) is 29.1 Å². The number of benzene rings is 1. The quantitative estimate of drug-likeness (QED) is 0.842. The number of carbonyl (C=O) groups excluding carboxylic acids is 1. The van der Waals surface area contributed by atoms with Gasteiger partial charge in [-0.2, -0.15) is 0 Å². The van der Waals surface area contributed by atoms with E-state index in [0.717, 1.165) is 4.47 Å². The molecule has 0 radical (unpaired) electrons. The third-order valence-corrected chi connectivity index (χ3v) is 3.22. The fraction of sp³-hybridized carbons (Fsp3) is 0.300. The number of hydrogen-bond acceptors (Lipinski definition) is 1. The van der Waals surface area contributed by atoms with Crippen molar-refractivity contribution < 1.29 is 4.79 Å². The van der Waals surface area contributed by atoms with E-state index in [2.05, 4.69) is 21.2 Å². The zero-order valence-electron chi connectivity index (χ0n) is 8.06. The Morgan fingerprint density at radius 2 is 2.27 bits per heavy atom. The van der Waals surface area contributed by atoms with Crippen LogP contribution in [0.4, 0.5) is 5.69 Å². The van der Waals surface area contributed by atoms with E-state index in [9.17, 15) is 4.79 Å². The van der Waals surface area contributed by atoms with E-state index in [1.54, 1.807) is 25.1 Å². The van der Waals surface area contributed by atoms with Gasteiger partial charge in [-0.15, -0.1) is 11.6 Å². The third kappa shape index (κ3) is 3.67. The van der Waals surface area contributed by atoms with E-state index < -0.39 is 0 Å². The van der Waals surface area contributed by atoms with E-state index in [4.69, 9.17) is 23.2 Å². The molecule has 0 bridgehead atoms. The molecule has 0 aliphatic heterocycles. The molecule has 0 aliphatic carbocycles. The predicted octanol–water partition coefficient (Wildman–Crippen LogP) is 3.92. The normalized spacial score (nSPS) is 12.3. The Kier molecular flexibility index (Phi) is 4.90. The molecule has 1 amide bonds. The van der Waals surface area contributed by atoms with Crippen LogP contribution in [0, 0.1) is 5.92 Å². The molecular weight excluding hydrogens is 301 g/mol. The van der Waals surface area contributed by atoms with Gasteiger partial charge in [0.15, 0.2) is 0 Å². The predicted molar refractivity (Wildman–Crippen MR) is 67.7 cm³/mol. The van der Waals surface area contributed by atoms with Crippen molar-refractivity contribution in [2.75, 3.05) is 11.2 Å². The van der Waals surface area contributed by atoms with E-state index in [1.165, 1.54) is 0 Å². The summed E-state index contributed by atoms with van der Waals surface area (Å²) in [5.74, 6) is -0.0147. The minimum Gasteiger partial charge on any atom is -0.325 e. The summed E-state index contributed by atoms with van der Waals surface area (Å²) in [5.41, 5.74) is 0.696. The fourth-order valence-corrected chi connectivity index (χ4v) is 1.84. The third-order valence-electron chi connectivity index (χ3n) is 1.87. The first kappa shape index (κ1) is 12.8. The number of halogens is 3. The van der Waals surface area contributed by atoms with Crippen molar-refractivity contribution in [3.63, 3.8) is 0 Å².